The smallest absolute Gasteiger partial charge is 0.00608 e. The van der Waals surface area contributed by atoms with Crippen LogP contribution in [0.4, 0.5) is 0 Å². The monoisotopic (exact) mass is 258 g/mol. The van der Waals surface area contributed by atoms with E-state index in [9.17, 15) is 0 Å². The SMILES string of the molecule is CCCCCC(C)N(C)C.[In]. The van der Waals surface area contributed by atoms with E-state index in [0.717, 1.165) is 6.04 Å². The van der Waals surface area contributed by atoms with E-state index in [1.165, 1.54) is 25.7 Å². The van der Waals surface area contributed by atoms with Gasteiger partial charge in [0.25, 0.3) is 0 Å². The number of nitrogens with zero attached hydrogens (tertiary/aromatic N) is 1. The summed E-state index contributed by atoms with van der Waals surface area (Å²) in [7, 11) is 4.30. The van der Waals surface area contributed by atoms with E-state index in [4.69, 9.17) is 0 Å². The van der Waals surface area contributed by atoms with Gasteiger partial charge in [0, 0.05) is 31.9 Å². The Morgan fingerprint density at radius 1 is 1.18 bits per heavy atom. The van der Waals surface area contributed by atoms with Crippen LogP contribution in [0.1, 0.15) is 39.5 Å². The summed E-state index contributed by atoms with van der Waals surface area (Å²) >= 11 is 0. The maximum Gasteiger partial charge on any atom is 0.00608 e. The zero-order chi connectivity index (χ0) is 7.98. The van der Waals surface area contributed by atoms with Crippen molar-refractivity contribution in [1.29, 1.82) is 0 Å². The van der Waals surface area contributed by atoms with E-state index in [-0.39, 0.29) is 25.8 Å². The predicted molar refractivity (Wildman–Crippen MR) is 53.0 cm³/mol. The first-order valence-electron chi connectivity index (χ1n) is 4.35. The van der Waals surface area contributed by atoms with Gasteiger partial charge in [-0.15, -0.1) is 0 Å². The largest absolute Gasteiger partial charge is 0.307 e. The minimum atomic E-state index is 0. The second kappa shape index (κ2) is 8.92. The molecule has 1 unspecified atom stereocenters. The molecule has 0 aromatic heterocycles. The van der Waals surface area contributed by atoms with Crippen molar-refractivity contribution >= 4 is 25.8 Å². The van der Waals surface area contributed by atoms with Crippen molar-refractivity contribution in [1.82, 2.24) is 4.90 Å². The Balaban J connectivity index is 0. The molecule has 0 aliphatic heterocycles. The molecule has 0 aromatic rings. The Labute approximate surface area is 90.3 Å². The van der Waals surface area contributed by atoms with Crippen molar-refractivity contribution in [3.05, 3.63) is 0 Å². The topological polar surface area (TPSA) is 3.24 Å². The summed E-state index contributed by atoms with van der Waals surface area (Å²) in [6, 6.07) is 0.756. The van der Waals surface area contributed by atoms with Gasteiger partial charge < -0.3 is 4.90 Å². The van der Waals surface area contributed by atoms with E-state index in [1.807, 2.05) is 0 Å². The molecule has 0 saturated carbocycles. The summed E-state index contributed by atoms with van der Waals surface area (Å²) in [6.45, 7) is 4.54. The molecule has 0 aliphatic rings. The molecule has 0 fully saturated rings. The third-order valence-electron chi connectivity index (χ3n) is 2.11. The molecule has 0 aliphatic carbocycles. The summed E-state index contributed by atoms with van der Waals surface area (Å²) in [5, 5.41) is 0. The Kier molecular flexibility index (Phi) is 11.6. The van der Waals surface area contributed by atoms with E-state index >= 15 is 0 Å². The van der Waals surface area contributed by atoms with Gasteiger partial charge in [-0.25, -0.2) is 0 Å². The van der Waals surface area contributed by atoms with Gasteiger partial charge in [0.15, 0.2) is 0 Å². The van der Waals surface area contributed by atoms with Crippen LogP contribution in [0.15, 0.2) is 0 Å². The predicted octanol–water partition coefficient (Wildman–Crippen LogP) is 2.14. The minimum Gasteiger partial charge on any atom is -0.307 e. The van der Waals surface area contributed by atoms with Crippen LogP contribution in [0.25, 0.3) is 0 Å². The first kappa shape index (κ1) is 14.4. The molecular formula is C9H21InN. The van der Waals surface area contributed by atoms with Crippen molar-refractivity contribution in [2.24, 2.45) is 0 Å². The number of hydrogen-bond acceptors (Lipinski definition) is 1. The summed E-state index contributed by atoms with van der Waals surface area (Å²) in [5.74, 6) is 0. The van der Waals surface area contributed by atoms with E-state index in [1.54, 1.807) is 0 Å². The Morgan fingerprint density at radius 3 is 2.09 bits per heavy atom. The van der Waals surface area contributed by atoms with Crippen LogP contribution in [0.2, 0.25) is 0 Å². The van der Waals surface area contributed by atoms with Crippen molar-refractivity contribution < 1.29 is 0 Å². The number of hydrogen-bond donors (Lipinski definition) is 0. The fourth-order valence-corrected chi connectivity index (χ4v) is 0.948. The summed E-state index contributed by atoms with van der Waals surface area (Å²) in [5.41, 5.74) is 0. The van der Waals surface area contributed by atoms with Gasteiger partial charge in [0.1, 0.15) is 0 Å². The van der Waals surface area contributed by atoms with E-state index in [0.29, 0.717) is 0 Å². The molecule has 11 heavy (non-hydrogen) atoms. The zero-order valence-corrected chi connectivity index (χ0v) is 11.7. The van der Waals surface area contributed by atoms with Crippen LogP contribution in [0.5, 0.6) is 0 Å². The average Bonchev–Trinajstić information content (AvgIpc) is 1.88. The summed E-state index contributed by atoms with van der Waals surface area (Å²) in [4.78, 5) is 2.29. The maximum absolute atomic E-state index is 2.29. The standard InChI is InChI=1S/C9H21N.In/c1-5-6-7-8-9(2)10(3)4;/h9H,5-8H2,1-4H3;. The third kappa shape index (κ3) is 8.74. The maximum atomic E-state index is 2.29. The normalized spacial score (nSPS) is 12.8. The van der Waals surface area contributed by atoms with E-state index in [2.05, 4.69) is 32.8 Å². The average molecular weight is 258 g/mol. The van der Waals surface area contributed by atoms with Crippen LogP contribution >= 0.6 is 0 Å². The number of rotatable bonds is 5. The fraction of sp³-hybridized carbons (Fsp3) is 1.00. The van der Waals surface area contributed by atoms with Gasteiger partial charge in [0.2, 0.25) is 0 Å². The van der Waals surface area contributed by atoms with Gasteiger partial charge in [-0.1, -0.05) is 26.2 Å². The molecule has 0 amide bonds. The first-order valence-corrected chi connectivity index (χ1v) is 4.35. The first-order chi connectivity index (χ1) is 4.68. The Bertz CT molecular complexity index is 74.0. The molecule has 1 atom stereocenters. The zero-order valence-electron chi connectivity index (χ0n) is 8.43. The fourth-order valence-electron chi connectivity index (χ4n) is 0.948. The molecule has 2 heteroatoms. The number of unbranched alkanes of at least 4 members (excludes halogenated alkanes) is 2. The van der Waals surface area contributed by atoms with Crippen molar-refractivity contribution in [3.63, 3.8) is 0 Å². The van der Waals surface area contributed by atoms with E-state index < -0.39 is 0 Å². The molecule has 0 heterocycles. The molecular weight excluding hydrogens is 237 g/mol. The van der Waals surface area contributed by atoms with Gasteiger partial charge in [-0.2, -0.15) is 0 Å². The second-order valence-corrected chi connectivity index (χ2v) is 3.31. The van der Waals surface area contributed by atoms with Gasteiger partial charge in [-0.3, -0.25) is 0 Å². The summed E-state index contributed by atoms with van der Waals surface area (Å²) < 4.78 is 0. The van der Waals surface area contributed by atoms with Crippen molar-refractivity contribution in [3.8, 4) is 0 Å². The quantitative estimate of drug-likeness (QED) is 0.683. The van der Waals surface area contributed by atoms with Crippen LogP contribution in [-0.2, 0) is 0 Å². The molecule has 0 N–H and O–H groups in total. The van der Waals surface area contributed by atoms with Crippen molar-refractivity contribution in [2.45, 2.75) is 45.6 Å². The Hall–Kier alpha value is 0.830. The molecule has 0 saturated heterocycles. The second-order valence-electron chi connectivity index (χ2n) is 3.31. The molecule has 0 spiro atoms. The van der Waals surface area contributed by atoms with Crippen LogP contribution in [0.3, 0.4) is 0 Å². The van der Waals surface area contributed by atoms with Gasteiger partial charge in [-0.05, 0) is 27.4 Å². The summed E-state index contributed by atoms with van der Waals surface area (Å²) in [6.07, 6.45) is 5.45. The molecule has 3 radical (unpaired) electrons. The third-order valence-corrected chi connectivity index (χ3v) is 2.11. The Morgan fingerprint density at radius 2 is 1.73 bits per heavy atom. The van der Waals surface area contributed by atoms with Crippen LogP contribution in [0, 0.1) is 0 Å². The molecule has 0 rings (SSSR count). The van der Waals surface area contributed by atoms with Crippen LogP contribution in [-0.4, -0.2) is 50.9 Å². The van der Waals surface area contributed by atoms with Crippen LogP contribution < -0.4 is 0 Å². The molecule has 0 bridgehead atoms. The molecule has 1 nitrogen and oxygen atoms in total. The minimum absolute atomic E-state index is 0. The van der Waals surface area contributed by atoms with Gasteiger partial charge in [0.05, 0.1) is 0 Å². The van der Waals surface area contributed by atoms with Gasteiger partial charge >= 0.3 is 0 Å². The van der Waals surface area contributed by atoms with Crippen molar-refractivity contribution in [2.75, 3.05) is 14.1 Å². The molecule has 0 aromatic carbocycles. The molecule has 65 valence electrons.